The summed E-state index contributed by atoms with van der Waals surface area (Å²) >= 11 is 0. The number of amides is 1. The Balaban J connectivity index is 2.83. The van der Waals surface area contributed by atoms with Gasteiger partial charge in [-0.05, 0) is 26.2 Å². The first-order valence-corrected chi connectivity index (χ1v) is 8.91. The number of rotatable bonds is 6. The molecule has 1 rings (SSSR count). The fourth-order valence-electron chi connectivity index (χ4n) is 2.42. The van der Waals surface area contributed by atoms with E-state index < -0.39 is 9.84 Å². The second-order valence-corrected chi connectivity index (χ2v) is 7.43. The highest BCUT2D eigenvalue weighted by Crippen LogP contribution is 2.20. The van der Waals surface area contributed by atoms with Gasteiger partial charge in [0.1, 0.15) is 0 Å². The maximum absolute atomic E-state index is 12.4. The van der Waals surface area contributed by atoms with Gasteiger partial charge in [-0.25, -0.2) is 8.42 Å². The molecule has 0 aliphatic carbocycles. The Morgan fingerprint density at radius 2 is 2.05 bits per heavy atom. The molecule has 1 amide bonds. The molecular weight excluding hydrogens is 262 g/mol. The van der Waals surface area contributed by atoms with E-state index in [0.29, 0.717) is 13.0 Å². The Kier molecular flexibility index (Phi) is 6.04. The third kappa shape index (κ3) is 4.64. The summed E-state index contributed by atoms with van der Waals surface area (Å²) in [6.45, 7) is 6.54. The zero-order chi connectivity index (χ0) is 14.5. The average Bonchev–Trinajstić information content (AvgIpc) is 2.70. The van der Waals surface area contributed by atoms with Gasteiger partial charge >= 0.3 is 0 Å². The van der Waals surface area contributed by atoms with Gasteiger partial charge in [0, 0.05) is 18.2 Å². The Bertz CT molecular complexity index is 440. The highest BCUT2D eigenvalue weighted by Gasteiger charge is 2.34. The summed E-state index contributed by atoms with van der Waals surface area (Å²) in [5.74, 6) is 0.337. The Labute approximate surface area is 116 Å². The third-order valence-electron chi connectivity index (χ3n) is 3.51. The van der Waals surface area contributed by atoms with Crippen LogP contribution in [0.4, 0.5) is 0 Å². The SMILES string of the molecule is CC/C=C(\C)C(=O)N(CCCC)C1CCS(=O)(=O)C1. The van der Waals surface area contributed by atoms with Crippen molar-refractivity contribution in [2.45, 2.75) is 52.5 Å². The first-order chi connectivity index (χ1) is 8.91. The van der Waals surface area contributed by atoms with Crippen LogP contribution in [0.5, 0.6) is 0 Å². The molecule has 1 atom stereocenters. The maximum atomic E-state index is 12.4. The van der Waals surface area contributed by atoms with Gasteiger partial charge in [-0.1, -0.05) is 26.3 Å². The predicted octanol–water partition coefficient (Wildman–Crippen LogP) is 2.16. The quantitative estimate of drug-likeness (QED) is 0.703. The fourth-order valence-corrected chi connectivity index (χ4v) is 4.15. The number of hydrogen-bond acceptors (Lipinski definition) is 3. The monoisotopic (exact) mass is 287 g/mol. The van der Waals surface area contributed by atoms with Crippen molar-refractivity contribution in [1.29, 1.82) is 0 Å². The number of unbranched alkanes of at least 4 members (excludes halogenated alkanes) is 1. The van der Waals surface area contributed by atoms with Gasteiger partial charge in [0.2, 0.25) is 5.91 Å². The van der Waals surface area contributed by atoms with Gasteiger partial charge < -0.3 is 4.90 Å². The molecule has 0 spiro atoms. The summed E-state index contributed by atoms with van der Waals surface area (Å²) in [6, 6.07) is -0.135. The van der Waals surface area contributed by atoms with E-state index in [4.69, 9.17) is 0 Å². The van der Waals surface area contributed by atoms with Crippen molar-refractivity contribution in [1.82, 2.24) is 4.90 Å². The van der Waals surface area contributed by atoms with Crippen LogP contribution in [0.3, 0.4) is 0 Å². The van der Waals surface area contributed by atoms with Gasteiger partial charge in [0.15, 0.2) is 9.84 Å². The van der Waals surface area contributed by atoms with Crippen LogP contribution in [0.15, 0.2) is 11.6 Å². The van der Waals surface area contributed by atoms with Gasteiger partial charge in [-0.2, -0.15) is 0 Å². The normalized spacial score (nSPS) is 22.5. The summed E-state index contributed by atoms with van der Waals surface area (Å²) in [5, 5.41) is 0. The maximum Gasteiger partial charge on any atom is 0.249 e. The zero-order valence-corrected chi connectivity index (χ0v) is 13.0. The van der Waals surface area contributed by atoms with Gasteiger partial charge in [0.25, 0.3) is 0 Å². The molecule has 0 bridgehead atoms. The molecule has 110 valence electrons. The van der Waals surface area contributed by atoms with E-state index in [0.717, 1.165) is 24.8 Å². The molecule has 0 N–H and O–H groups in total. The van der Waals surface area contributed by atoms with E-state index in [-0.39, 0.29) is 23.5 Å². The van der Waals surface area contributed by atoms with Crippen molar-refractivity contribution in [2.75, 3.05) is 18.1 Å². The van der Waals surface area contributed by atoms with Crippen molar-refractivity contribution >= 4 is 15.7 Å². The fraction of sp³-hybridized carbons (Fsp3) is 0.786. The van der Waals surface area contributed by atoms with E-state index in [1.165, 1.54) is 0 Å². The van der Waals surface area contributed by atoms with Crippen LogP contribution in [-0.2, 0) is 14.6 Å². The zero-order valence-electron chi connectivity index (χ0n) is 12.2. The third-order valence-corrected chi connectivity index (χ3v) is 5.26. The molecule has 1 unspecified atom stereocenters. The molecule has 0 aromatic carbocycles. The molecule has 4 nitrogen and oxygen atoms in total. The van der Waals surface area contributed by atoms with Crippen molar-refractivity contribution in [3.63, 3.8) is 0 Å². The van der Waals surface area contributed by atoms with Crippen molar-refractivity contribution in [3.8, 4) is 0 Å². The standard InChI is InChI=1S/C14H25NO3S/c1-4-6-9-15(14(16)12(3)7-5-2)13-8-10-19(17,18)11-13/h7,13H,4-6,8-11H2,1-3H3/b12-7+. The van der Waals surface area contributed by atoms with E-state index in [1.54, 1.807) is 4.90 Å². The summed E-state index contributed by atoms with van der Waals surface area (Å²) in [4.78, 5) is 14.2. The lowest BCUT2D eigenvalue weighted by atomic mass is 10.1. The predicted molar refractivity (Wildman–Crippen MR) is 77.7 cm³/mol. The average molecular weight is 287 g/mol. The van der Waals surface area contributed by atoms with Crippen molar-refractivity contribution in [3.05, 3.63) is 11.6 Å². The molecule has 1 saturated heterocycles. The lowest BCUT2D eigenvalue weighted by Crippen LogP contribution is -2.42. The minimum Gasteiger partial charge on any atom is -0.335 e. The highest BCUT2D eigenvalue weighted by atomic mass is 32.2. The van der Waals surface area contributed by atoms with E-state index in [2.05, 4.69) is 6.92 Å². The molecule has 0 saturated carbocycles. The molecule has 1 aliphatic heterocycles. The van der Waals surface area contributed by atoms with Gasteiger partial charge in [0.05, 0.1) is 11.5 Å². The molecule has 19 heavy (non-hydrogen) atoms. The van der Waals surface area contributed by atoms with E-state index in [9.17, 15) is 13.2 Å². The molecule has 1 heterocycles. The second-order valence-electron chi connectivity index (χ2n) is 5.20. The number of sulfone groups is 1. The minimum atomic E-state index is -2.95. The van der Waals surface area contributed by atoms with E-state index in [1.807, 2.05) is 19.9 Å². The molecule has 0 radical (unpaired) electrons. The van der Waals surface area contributed by atoms with Crippen LogP contribution < -0.4 is 0 Å². The largest absolute Gasteiger partial charge is 0.335 e. The van der Waals surface area contributed by atoms with Crippen LogP contribution in [-0.4, -0.2) is 43.3 Å². The Hall–Kier alpha value is -0.840. The minimum absolute atomic E-state index is 0.00241. The van der Waals surface area contributed by atoms with Crippen molar-refractivity contribution < 1.29 is 13.2 Å². The number of carbonyl (C=O) groups is 1. The lowest BCUT2D eigenvalue weighted by molar-refractivity contribution is -0.129. The number of nitrogens with zero attached hydrogens (tertiary/aromatic N) is 1. The Morgan fingerprint density at radius 3 is 2.53 bits per heavy atom. The highest BCUT2D eigenvalue weighted by molar-refractivity contribution is 7.91. The smallest absolute Gasteiger partial charge is 0.249 e. The van der Waals surface area contributed by atoms with Crippen LogP contribution in [0, 0.1) is 0 Å². The van der Waals surface area contributed by atoms with Crippen LogP contribution in [0.2, 0.25) is 0 Å². The number of carbonyl (C=O) groups excluding carboxylic acids is 1. The van der Waals surface area contributed by atoms with Gasteiger partial charge in [-0.15, -0.1) is 0 Å². The van der Waals surface area contributed by atoms with Crippen LogP contribution in [0.25, 0.3) is 0 Å². The molecule has 1 aliphatic rings. The summed E-state index contributed by atoms with van der Waals surface area (Å²) < 4.78 is 23.2. The topological polar surface area (TPSA) is 54.5 Å². The van der Waals surface area contributed by atoms with Crippen LogP contribution in [0.1, 0.15) is 46.5 Å². The van der Waals surface area contributed by atoms with E-state index >= 15 is 0 Å². The molecule has 1 fully saturated rings. The molecule has 5 heteroatoms. The van der Waals surface area contributed by atoms with Gasteiger partial charge in [-0.3, -0.25) is 4.79 Å². The molecular formula is C14H25NO3S. The number of allylic oxidation sites excluding steroid dienone is 1. The molecule has 0 aromatic heterocycles. The summed E-state index contributed by atoms with van der Waals surface area (Å²) in [7, 11) is -2.95. The first kappa shape index (κ1) is 16.2. The molecule has 0 aromatic rings. The number of hydrogen-bond donors (Lipinski definition) is 0. The second kappa shape index (κ2) is 7.08. The lowest BCUT2D eigenvalue weighted by Gasteiger charge is -2.28. The first-order valence-electron chi connectivity index (χ1n) is 7.09. The van der Waals surface area contributed by atoms with Crippen molar-refractivity contribution in [2.24, 2.45) is 0 Å². The summed E-state index contributed by atoms with van der Waals surface area (Å²) in [5.41, 5.74) is 0.725. The van der Waals surface area contributed by atoms with Crippen LogP contribution >= 0.6 is 0 Å². The Morgan fingerprint density at radius 1 is 1.37 bits per heavy atom. The summed E-state index contributed by atoms with van der Waals surface area (Å²) in [6.07, 6.45) is 5.23.